The van der Waals surface area contributed by atoms with E-state index in [2.05, 4.69) is 31.5 Å². The van der Waals surface area contributed by atoms with Crippen molar-refractivity contribution in [3.8, 4) is 22.3 Å². The second-order valence-electron chi connectivity index (χ2n) is 19.7. The smallest absolute Gasteiger partial charge is 0.255 e. The van der Waals surface area contributed by atoms with Gasteiger partial charge in [0.15, 0.2) is 0 Å². The Morgan fingerprint density at radius 3 is 2.32 bits per heavy atom. The van der Waals surface area contributed by atoms with Crippen molar-refractivity contribution in [1.82, 2.24) is 35.3 Å². The highest BCUT2D eigenvalue weighted by Gasteiger charge is 2.46. The molecule has 69 heavy (non-hydrogen) atoms. The molecule has 3 N–H and O–H groups in total. The molecule has 2 aromatic carbocycles. The number of fused-ring (bicyclic) bond motifs is 2. The number of β-amino-alcohol motifs (C(OH)–C–C–N with tert-alkyl or cyclic N) is 1. The minimum Gasteiger partial charge on any atom is -0.490 e. The van der Waals surface area contributed by atoms with Gasteiger partial charge >= 0.3 is 0 Å². The number of amides is 4. The fourth-order valence-corrected chi connectivity index (χ4v) is 11.1. The van der Waals surface area contributed by atoms with E-state index in [-0.39, 0.29) is 55.6 Å². The molecule has 2 aromatic heterocycles. The Bertz CT molecular complexity index is 2510. The molecule has 0 aliphatic carbocycles. The van der Waals surface area contributed by atoms with Gasteiger partial charge in [-0.2, -0.15) is 5.26 Å². The number of nitrogens with zero attached hydrogens (tertiary/aromatic N) is 7. The summed E-state index contributed by atoms with van der Waals surface area (Å²) in [5.74, 6) is 0.199. The molecule has 7 atom stereocenters. The van der Waals surface area contributed by atoms with Crippen LogP contribution in [0.15, 0.2) is 66.3 Å². The van der Waals surface area contributed by atoms with Gasteiger partial charge in [0.2, 0.25) is 17.7 Å². The lowest BCUT2D eigenvalue weighted by Gasteiger charge is -2.39. The van der Waals surface area contributed by atoms with Gasteiger partial charge in [0.05, 0.1) is 51.0 Å². The Morgan fingerprint density at radius 1 is 0.971 bits per heavy atom. The lowest BCUT2D eigenvalue weighted by molar-refractivity contribution is -0.144. The number of piperazine rings is 1. The molecule has 0 spiro atoms. The number of aryl methyl sites for hydroxylation is 1. The van der Waals surface area contributed by atoms with Gasteiger partial charge in [-0.3, -0.25) is 24.1 Å². The van der Waals surface area contributed by atoms with Crippen molar-refractivity contribution in [2.24, 2.45) is 5.41 Å². The predicted molar refractivity (Wildman–Crippen MR) is 263 cm³/mol. The van der Waals surface area contributed by atoms with Crippen LogP contribution >= 0.6 is 22.9 Å². The van der Waals surface area contributed by atoms with Crippen molar-refractivity contribution in [1.29, 1.82) is 5.26 Å². The van der Waals surface area contributed by atoms with E-state index < -0.39 is 35.4 Å². The van der Waals surface area contributed by atoms with Gasteiger partial charge in [-0.25, -0.2) is 9.97 Å². The molecule has 4 saturated heterocycles. The summed E-state index contributed by atoms with van der Waals surface area (Å²) in [6.45, 7) is 13.1. The van der Waals surface area contributed by atoms with Crippen molar-refractivity contribution in [2.45, 2.75) is 109 Å². The number of ether oxygens (including phenoxy) is 2. The van der Waals surface area contributed by atoms with Gasteiger partial charge in [0.25, 0.3) is 5.91 Å². The lowest BCUT2D eigenvalue weighted by atomic mass is 9.85. The van der Waals surface area contributed by atoms with Gasteiger partial charge < -0.3 is 39.9 Å². The van der Waals surface area contributed by atoms with E-state index in [1.807, 2.05) is 81.4 Å². The van der Waals surface area contributed by atoms with Crippen LogP contribution in [0.5, 0.6) is 5.75 Å². The maximum atomic E-state index is 14.1. The zero-order valence-electron chi connectivity index (χ0n) is 39.9. The number of hydrogen-bond acceptors (Lipinski definition) is 13. The number of rotatable bonds is 15. The number of halogens is 1. The van der Waals surface area contributed by atoms with E-state index in [9.17, 15) is 29.5 Å². The third-order valence-electron chi connectivity index (χ3n) is 13.8. The molecule has 18 heteroatoms. The predicted octanol–water partition coefficient (Wildman–Crippen LogP) is 5.76. The highest BCUT2D eigenvalue weighted by atomic mass is 35.5. The lowest BCUT2D eigenvalue weighted by Crippen LogP contribution is -2.58. The molecule has 4 aliphatic rings. The van der Waals surface area contributed by atoms with Crippen LogP contribution in [-0.4, -0.2) is 142 Å². The normalized spacial score (nSPS) is 22.5. The van der Waals surface area contributed by atoms with E-state index in [1.54, 1.807) is 35.7 Å². The molecular weight excluding hydrogens is 918 g/mol. The Kier molecular flexibility index (Phi) is 15.6. The highest BCUT2D eigenvalue weighted by molar-refractivity contribution is 7.13. The van der Waals surface area contributed by atoms with Crippen molar-refractivity contribution in [2.75, 3.05) is 57.4 Å². The second-order valence-corrected chi connectivity index (χ2v) is 21.0. The summed E-state index contributed by atoms with van der Waals surface area (Å²) in [4.78, 5) is 72.8. The summed E-state index contributed by atoms with van der Waals surface area (Å²) in [6, 6.07) is 16.9. The van der Waals surface area contributed by atoms with Crippen molar-refractivity contribution in [3.05, 3.63) is 93.7 Å². The molecule has 4 aliphatic heterocycles. The minimum absolute atomic E-state index is 0.00728. The third kappa shape index (κ3) is 11.7. The number of piperidine rings is 1. The average molecular weight is 981 g/mol. The zero-order chi connectivity index (χ0) is 49.0. The van der Waals surface area contributed by atoms with Crippen LogP contribution in [0, 0.1) is 23.7 Å². The molecule has 2 bridgehead atoms. The number of nitriles is 1. The molecule has 4 amide bonds. The summed E-state index contributed by atoms with van der Waals surface area (Å²) in [5.41, 5.74) is 5.01. The van der Waals surface area contributed by atoms with Gasteiger partial charge in [0.1, 0.15) is 42.4 Å². The van der Waals surface area contributed by atoms with Crippen molar-refractivity contribution >= 4 is 52.4 Å². The molecule has 366 valence electrons. The Morgan fingerprint density at radius 2 is 1.70 bits per heavy atom. The number of benzene rings is 2. The molecule has 4 fully saturated rings. The SMILES string of the molecule is Cc1ncsc1-c1ccc([C@H](C)NC(=O)[C@@H]2C[C@@H](O)CN2C(=O)[C@@H](NC(=O)COCCN2CCN(c3ccc(C(=O)N4[C@@H]5CC[C@H]4CC(Oc4ccc(C#N)c(Cl)c4)C5)cn3)CC2)C(C)(C)C)cc1. The van der Waals surface area contributed by atoms with Crippen LogP contribution in [0.2, 0.25) is 5.02 Å². The third-order valence-corrected chi connectivity index (χ3v) is 15.1. The summed E-state index contributed by atoms with van der Waals surface area (Å²) < 4.78 is 12.1. The topological polar surface area (TPSA) is 194 Å². The van der Waals surface area contributed by atoms with E-state index in [1.165, 1.54) is 4.90 Å². The molecule has 1 unspecified atom stereocenters. The van der Waals surface area contributed by atoms with Gasteiger partial charge in [-0.15, -0.1) is 11.3 Å². The summed E-state index contributed by atoms with van der Waals surface area (Å²) in [6.07, 6.45) is 4.18. The number of aliphatic hydroxyl groups is 1. The molecule has 8 rings (SSSR count). The standard InChI is InChI=1S/C51H62ClN9O7S/c1-31(33-6-8-34(9-7-33)46-32(2)55-30-69-46)56-48(64)43-24-39(62)28-60(43)50(66)47(51(3,4)5)57-45(63)29-67-21-20-58-16-18-59(19-17-58)44-15-11-36(27-54-44)49(65)61-37-12-13-38(61)23-41(22-37)68-40-14-10-35(26-53)42(52)25-40/h6-11,14-15,25,27,30-31,37-39,41,43,47,62H,12-13,16-24,28-29H2,1-5H3,(H,56,64)(H,57,63)/t31-,37-,38+,39+,41?,43-,47+/m0/s1. The Labute approximate surface area is 412 Å². The number of nitrogens with one attached hydrogen (secondary N) is 2. The first kappa shape index (κ1) is 49.8. The van der Waals surface area contributed by atoms with Crippen LogP contribution in [0.25, 0.3) is 10.4 Å². The number of carbonyl (C=O) groups is 4. The number of aromatic nitrogens is 2. The van der Waals surface area contributed by atoms with Crippen LogP contribution in [0.4, 0.5) is 5.82 Å². The molecular formula is C51H62ClN9O7S. The first-order valence-electron chi connectivity index (χ1n) is 23.8. The summed E-state index contributed by atoms with van der Waals surface area (Å²) in [5, 5.41) is 26.1. The van der Waals surface area contributed by atoms with E-state index in [0.29, 0.717) is 35.1 Å². The number of carbonyl (C=O) groups excluding carboxylic acids is 4. The fraction of sp³-hybridized carbons (Fsp3) is 0.510. The van der Waals surface area contributed by atoms with E-state index in [4.69, 9.17) is 26.1 Å². The maximum absolute atomic E-state index is 14.1. The monoisotopic (exact) mass is 979 g/mol. The largest absolute Gasteiger partial charge is 0.490 e. The fourth-order valence-electron chi connectivity index (χ4n) is 10.0. The number of anilines is 1. The Balaban J connectivity index is 0.756. The number of likely N-dealkylation sites (tertiary alicyclic amines) is 1. The molecule has 0 saturated carbocycles. The minimum atomic E-state index is -0.959. The van der Waals surface area contributed by atoms with Crippen LogP contribution in [0.1, 0.15) is 93.0 Å². The summed E-state index contributed by atoms with van der Waals surface area (Å²) >= 11 is 7.80. The molecule has 0 radical (unpaired) electrons. The van der Waals surface area contributed by atoms with Crippen LogP contribution in [-0.2, 0) is 19.1 Å². The number of pyridine rings is 1. The second kappa shape index (κ2) is 21.6. The van der Waals surface area contributed by atoms with Gasteiger partial charge in [-0.05, 0) is 67.5 Å². The van der Waals surface area contributed by atoms with Crippen LogP contribution in [0.3, 0.4) is 0 Å². The Hall–Kier alpha value is -5.64. The van der Waals surface area contributed by atoms with Crippen molar-refractivity contribution < 1.29 is 33.8 Å². The quantitative estimate of drug-likeness (QED) is 0.122. The van der Waals surface area contributed by atoms with Crippen LogP contribution < -0.4 is 20.3 Å². The average Bonchev–Trinajstić information content (AvgIpc) is 4.03. The first-order chi connectivity index (χ1) is 33.1. The zero-order valence-corrected chi connectivity index (χ0v) is 41.5. The molecule has 16 nitrogen and oxygen atoms in total. The number of hydrogen-bond donors (Lipinski definition) is 3. The number of aliphatic hydroxyl groups excluding tert-OH is 1. The van der Waals surface area contributed by atoms with Gasteiger partial charge in [-0.1, -0.05) is 56.6 Å². The summed E-state index contributed by atoms with van der Waals surface area (Å²) in [7, 11) is 0. The molecule has 4 aromatic rings. The van der Waals surface area contributed by atoms with Gasteiger partial charge in [0, 0.05) is 82.9 Å². The highest BCUT2D eigenvalue weighted by Crippen LogP contribution is 2.39. The van der Waals surface area contributed by atoms with E-state index >= 15 is 0 Å². The number of thiazole rings is 1. The first-order valence-corrected chi connectivity index (χ1v) is 25.1. The maximum Gasteiger partial charge on any atom is 0.255 e. The molecule has 6 heterocycles. The van der Waals surface area contributed by atoms with Crippen molar-refractivity contribution in [3.63, 3.8) is 0 Å². The van der Waals surface area contributed by atoms with E-state index in [0.717, 1.165) is 79.4 Å².